The lowest BCUT2D eigenvalue weighted by atomic mass is 10.1. The van der Waals surface area contributed by atoms with Crippen molar-refractivity contribution in [1.82, 2.24) is 0 Å². The van der Waals surface area contributed by atoms with Crippen molar-refractivity contribution in [2.24, 2.45) is 5.92 Å². The summed E-state index contributed by atoms with van der Waals surface area (Å²) < 4.78 is 0. The molecule has 1 aromatic carbocycles. The van der Waals surface area contributed by atoms with Crippen molar-refractivity contribution in [1.29, 1.82) is 0 Å². The molecule has 1 atom stereocenters. The van der Waals surface area contributed by atoms with Crippen LogP contribution < -0.4 is 5.32 Å². The van der Waals surface area contributed by atoms with E-state index in [2.05, 4.69) is 5.32 Å². The van der Waals surface area contributed by atoms with Crippen LogP contribution in [-0.2, 0) is 9.59 Å². The van der Waals surface area contributed by atoms with Crippen LogP contribution in [0.3, 0.4) is 0 Å². The molecule has 0 fully saturated rings. The number of carbonyl (C=O) groups is 2. The van der Waals surface area contributed by atoms with E-state index in [9.17, 15) is 9.59 Å². The fourth-order valence-corrected chi connectivity index (χ4v) is 1.60. The minimum absolute atomic E-state index is 0.0266. The van der Waals surface area contributed by atoms with Crippen LogP contribution in [-0.4, -0.2) is 17.0 Å². The molecule has 0 heterocycles. The molecule has 1 rings (SSSR count). The highest BCUT2D eigenvalue weighted by Gasteiger charge is 2.10. The summed E-state index contributed by atoms with van der Waals surface area (Å²) in [6, 6.07) is 5.48. The molecule has 19 heavy (non-hydrogen) atoms. The average Bonchev–Trinajstić information content (AvgIpc) is 2.34. The van der Waals surface area contributed by atoms with Gasteiger partial charge in [0.05, 0.1) is 0 Å². The van der Waals surface area contributed by atoms with Crippen molar-refractivity contribution >= 4 is 23.6 Å². The van der Waals surface area contributed by atoms with E-state index in [-0.39, 0.29) is 11.8 Å². The summed E-state index contributed by atoms with van der Waals surface area (Å²) in [5, 5.41) is 11.4. The number of carboxylic acid groups (broad SMARTS) is 1. The minimum Gasteiger partial charge on any atom is -0.478 e. The third kappa shape index (κ3) is 4.95. The molecule has 0 radical (unpaired) electrons. The highest BCUT2D eigenvalue weighted by atomic mass is 16.4. The fraction of sp³-hybridized carbons (Fsp3) is 0.333. The van der Waals surface area contributed by atoms with E-state index in [1.165, 1.54) is 6.08 Å². The number of carboxylic acids is 1. The van der Waals surface area contributed by atoms with E-state index < -0.39 is 5.97 Å². The average molecular weight is 261 g/mol. The highest BCUT2D eigenvalue weighted by Crippen LogP contribution is 2.17. The summed E-state index contributed by atoms with van der Waals surface area (Å²) in [4.78, 5) is 22.3. The summed E-state index contributed by atoms with van der Waals surface area (Å²) in [7, 11) is 0. The molecule has 4 heteroatoms. The quantitative estimate of drug-likeness (QED) is 0.800. The van der Waals surface area contributed by atoms with E-state index in [0.717, 1.165) is 23.6 Å². The van der Waals surface area contributed by atoms with Crippen LogP contribution >= 0.6 is 0 Å². The molecule has 0 aliphatic heterocycles. The number of rotatable bonds is 5. The second kappa shape index (κ2) is 6.73. The fourth-order valence-electron chi connectivity index (χ4n) is 1.60. The van der Waals surface area contributed by atoms with Gasteiger partial charge < -0.3 is 10.4 Å². The molecule has 0 saturated carbocycles. The number of hydrogen-bond donors (Lipinski definition) is 2. The number of aliphatic carboxylic acids is 1. The summed E-state index contributed by atoms with van der Waals surface area (Å²) in [6.45, 7) is 5.73. The van der Waals surface area contributed by atoms with Crippen molar-refractivity contribution in [2.75, 3.05) is 5.32 Å². The molecular weight excluding hydrogens is 242 g/mol. The van der Waals surface area contributed by atoms with Gasteiger partial charge in [-0.25, -0.2) is 4.79 Å². The van der Waals surface area contributed by atoms with E-state index >= 15 is 0 Å². The summed E-state index contributed by atoms with van der Waals surface area (Å²) in [5.41, 5.74) is 2.41. The van der Waals surface area contributed by atoms with Gasteiger partial charge in [-0.2, -0.15) is 0 Å². The molecule has 0 aliphatic rings. The number of aryl methyl sites for hydroxylation is 1. The van der Waals surface area contributed by atoms with E-state index in [0.29, 0.717) is 5.69 Å². The van der Waals surface area contributed by atoms with Gasteiger partial charge >= 0.3 is 5.97 Å². The Balaban J connectivity index is 2.91. The third-order valence-corrected chi connectivity index (χ3v) is 2.85. The van der Waals surface area contributed by atoms with Gasteiger partial charge in [-0.3, -0.25) is 4.79 Å². The van der Waals surface area contributed by atoms with Crippen LogP contribution in [0, 0.1) is 12.8 Å². The number of anilines is 1. The lowest BCUT2D eigenvalue weighted by molar-refractivity contribution is -0.131. The maximum absolute atomic E-state index is 11.8. The van der Waals surface area contributed by atoms with Gasteiger partial charge in [0, 0.05) is 17.7 Å². The number of carbonyl (C=O) groups excluding carboxylic acids is 1. The zero-order chi connectivity index (χ0) is 14.4. The van der Waals surface area contributed by atoms with Gasteiger partial charge in [-0.05, 0) is 42.7 Å². The van der Waals surface area contributed by atoms with Crippen LogP contribution in [0.15, 0.2) is 24.3 Å². The minimum atomic E-state index is -0.994. The smallest absolute Gasteiger partial charge is 0.328 e. The summed E-state index contributed by atoms with van der Waals surface area (Å²) in [5.74, 6) is -1.06. The molecule has 2 N–H and O–H groups in total. The van der Waals surface area contributed by atoms with Gasteiger partial charge in [0.1, 0.15) is 0 Å². The predicted octanol–water partition coefficient (Wildman–Crippen LogP) is 3.08. The number of benzene rings is 1. The molecule has 0 spiro atoms. The molecule has 1 unspecified atom stereocenters. The maximum Gasteiger partial charge on any atom is 0.328 e. The lowest BCUT2D eigenvalue weighted by Crippen LogP contribution is -2.19. The molecular formula is C15H19NO3. The Morgan fingerprint density at radius 1 is 1.37 bits per heavy atom. The first kappa shape index (κ1) is 15.0. The normalized spacial score (nSPS) is 12.4. The molecule has 1 amide bonds. The van der Waals surface area contributed by atoms with Crippen LogP contribution in [0.5, 0.6) is 0 Å². The predicted molar refractivity (Wildman–Crippen MR) is 75.9 cm³/mol. The molecule has 0 aromatic heterocycles. The highest BCUT2D eigenvalue weighted by molar-refractivity contribution is 5.93. The summed E-state index contributed by atoms with van der Waals surface area (Å²) >= 11 is 0. The molecule has 4 nitrogen and oxygen atoms in total. The monoisotopic (exact) mass is 261 g/mol. The SMILES string of the molecule is CCC(C)C(=O)Nc1cc(C)cc(/C=C/C(=O)O)c1. The number of hydrogen-bond acceptors (Lipinski definition) is 2. The second-order valence-corrected chi connectivity index (χ2v) is 4.60. The zero-order valence-corrected chi connectivity index (χ0v) is 11.4. The van der Waals surface area contributed by atoms with E-state index in [1.807, 2.05) is 32.9 Å². The van der Waals surface area contributed by atoms with Crippen molar-refractivity contribution in [2.45, 2.75) is 27.2 Å². The maximum atomic E-state index is 11.8. The first-order valence-corrected chi connectivity index (χ1v) is 6.26. The number of amides is 1. The molecule has 102 valence electrons. The van der Waals surface area contributed by atoms with Gasteiger partial charge in [0.25, 0.3) is 0 Å². The van der Waals surface area contributed by atoms with Crippen molar-refractivity contribution in [3.8, 4) is 0 Å². The van der Waals surface area contributed by atoms with Crippen LogP contribution in [0.25, 0.3) is 6.08 Å². The molecule has 0 aliphatic carbocycles. The second-order valence-electron chi connectivity index (χ2n) is 4.60. The largest absolute Gasteiger partial charge is 0.478 e. The Hall–Kier alpha value is -2.10. The van der Waals surface area contributed by atoms with E-state index in [1.54, 1.807) is 6.07 Å². The Kier molecular flexibility index (Phi) is 5.30. The van der Waals surface area contributed by atoms with Crippen molar-refractivity contribution in [3.05, 3.63) is 35.4 Å². The lowest BCUT2D eigenvalue weighted by Gasteiger charge is -2.11. The Bertz CT molecular complexity index is 506. The first-order chi connectivity index (χ1) is 8.92. The van der Waals surface area contributed by atoms with Gasteiger partial charge in [0.15, 0.2) is 0 Å². The van der Waals surface area contributed by atoms with Crippen LogP contribution in [0.1, 0.15) is 31.4 Å². The topological polar surface area (TPSA) is 66.4 Å². The Labute approximate surface area is 113 Å². The van der Waals surface area contributed by atoms with Crippen molar-refractivity contribution in [3.63, 3.8) is 0 Å². The summed E-state index contributed by atoms with van der Waals surface area (Å²) in [6.07, 6.45) is 3.37. The molecule has 0 saturated heterocycles. The molecule has 1 aromatic rings. The first-order valence-electron chi connectivity index (χ1n) is 6.26. The zero-order valence-electron chi connectivity index (χ0n) is 11.4. The van der Waals surface area contributed by atoms with Gasteiger partial charge in [-0.1, -0.05) is 19.9 Å². The number of nitrogens with one attached hydrogen (secondary N) is 1. The Morgan fingerprint density at radius 3 is 2.63 bits per heavy atom. The van der Waals surface area contributed by atoms with Crippen molar-refractivity contribution < 1.29 is 14.7 Å². The third-order valence-electron chi connectivity index (χ3n) is 2.85. The molecule has 0 bridgehead atoms. The van der Waals surface area contributed by atoms with Crippen LogP contribution in [0.2, 0.25) is 0 Å². The Morgan fingerprint density at radius 2 is 2.05 bits per heavy atom. The van der Waals surface area contributed by atoms with E-state index in [4.69, 9.17) is 5.11 Å². The van der Waals surface area contributed by atoms with Gasteiger partial charge in [0.2, 0.25) is 5.91 Å². The van der Waals surface area contributed by atoms with Gasteiger partial charge in [-0.15, -0.1) is 0 Å². The van der Waals surface area contributed by atoms with Crippen LogP contribution in [0.4, 0.5) is 5.69 Å². The standard InChI is InChI=1S/C15H19NO3/c1-4-11(3)15(19)16-13-8-10(2)7-12(9-13)5-6-14(17)18/h5-9,11H,4H2,1-3H3,(H,16,19)(H,17,18)/b6-5+.